The molecular formula is C31H32N6O8. The van der Waals surface area contributed by atoms with Gasteiger partial charge in [0.1, 0.15) is 18.1 Å². The fraction of sp³-hybridized carbons (Fsp3) is 0.323. The molecule has 0 saturated heterocycles. The Balaban J connectivity index is 1.38. The molecular weight excluding hydrogens is 584 g/mol. The van der Waals surface area contributed by atoms with E-state index in [9.17, 15) is 19.2 Å². The van der Waals surface area contributed by atoms with Gasteiger partial charge in [0.25, 0.3) is 11.4 Å². The summed E-state index contributed by atoms with van der Waals surface area (Å²) in [6.45, 7) is 6.87. The number of nitrogens with zero attached hydrogens (tertiary/aromatic N) is 4. The van der Waals surface area contributed by atoms with E-state index in [1.165, 1.54) is 6.20 Å². The van der Waals surface area contributed by atoms with Crippen molar-refractivity contribution in [3.63, 3.8) is 0 Å². The Morgan fingerprint density at radius 1 is 1.04 bits per heavy atom. The van der Waals surface area contributed by atoms with Gasteiger partial charge in [-0.1, -0.05) is 50.2 Å². The van der Waals surface area contributed by atoms with Gasteiger partial charge in [0.15, 0.2) is 11.5 Å². The van der Waals surface area contributed by atoms with Crippen LogP contribution in [0.3, 0.4) is 0 Å². The maximum absolute atomic E-state index is 13.6. The number of carbonyl (C=O) groups excluding carboxylic acids is 3. The van der Waals surface area contributed by atoms with Crippen LogP contribution in [0.15, 0.2) is 63.9 Å². The van der Waals surface area contributed by atoms with Gasteiger partial charge in [-0.15, -0.1) is 10.2 Å². The van der Waals surface area contributed by atoms with Crippen molar-refractivity contribution in [3.05, 3.63) is 82.4 Å². The lowest BCUT2D eigenvalue weighted by Crippen LogP contribution is -2.46. The molecule has 0 spiro atoms. The zero-order valence-electron chi connectivity index (χ0n) is 25.3. The molecule has 1 unspecified atom stereocenters. The minimum atomic E-state index is -1.06. The molecule has 2 N–H and O–H groups in total. The first kappa shape index (κ1) is 30.9. The molecule has 14 nitrogen and oxygen atoms in total. The standard InChI is InChI=1S/C31H32N6O8/c1-17(2)24(25(39)27-35-36-29(45-27)31(3,4)19-11-12-21-22(13-19)44-16-43-21)34-23(38)15-37-26(18-9-7-6-8-10-18)32-14-20(28(37)40)33-30(41)42-5/h6-14,17,24H,15-16H2,1-5H3,(H,33,41)(H,34,38). The average Bonchev–Trinajstić information content (AvgIpc) is 3.72. The smallest absolute Gasteiger partial charge is 0.411 e. The number of nitrogens with one attached hydrogen (secondary N) is 2. The van der Waals surface area contributed by atoms with Crippen LogP contribution < -0.4 is 25.7 Å². The molecule has 0 bridgehead atoms. The SMILES string of the molecule is COC(=O)Nc1cnc(-c2ccccc2)n(CC(=O)NC(C(=O)c2nnc(C(C)(C)c3ccc4c(c3)OCO4)o2)C(C)C)c1=O. The number of hydrogen-bond donors (Lipinski definition) is 2. The van der Waals surface area contributed by atoms with Gasteiger partial charge in [0.05, 0.1) is 24.8 Å². The van der Waals surface area contributed by atoms with Gasteiger partial charge in [0, 0.05) is 5.56 Å². The van der Waals surface area contributed by atoms with Gasteiger partial charge in [-0.25, -0.2) is 9.78 Å². The van der Waals surface area contributed by atoms with Crippen molar-refractivity contribution >= 4 is 23.5 Å². The molecule has 1 aliphatic heterocycles. The largest absolute Gasteiger partial charge is 0.454 e. The Hall–Kier alpha value is -5.53. The van der Waals surface area contributed by atoms with Gasteiger partial charge >= 0.3 is 6.09 Å². The number of aromatic nitrogens is 4. The van der Waals surface area contributed by atoms with Gasteiger partial charge in [-0.3, -0.25) is 24.3 Å². The zero-order chi connectivity index (χ0) is 32.3. The third kappa shape index (κ3) is 6.39. The first-order valence-corrected chi connectivity index (χ1v) is 14.1. The number of rotatable bonds is 10. The molecule has 1 atom stereocenters. The van der Waals surface area contributed by atoms with Crippen molar-refractivity contribution in [2.45, 2.75) is 45.7 Å². The lowest BCUT2D eigenvalue weighted by atomic mass is 9.84. The summed E-state index contributed by atoms with van der Waals surface area (Å²) in [4.78, 5) is 56.4. The number of ketones is 1. The molecule has 2 aromatic carbocycles. The summed E-state index contributed by atoms with van der Waals surface area (Å²) in [6, 6.07) is 13.2. The van der Waals surface area contributed by atoms with E-state index in [-0.39, 0.29) is 36.0 Å². The summed E-state index contributed by atoms with van der Waals surface area (Å²) in [6.07, 6.45) is 0.317. The van der Waals surface area contributed by atoms with E-state index in [0.29, 0.717) is 17.1 Å². The number of methoxy groups -OCH3 is 1. The highest BCUT2D eigenvalue weighted by molar-refractivity contribution is 5.98. The Morgan fingerprint density at radius 2 is 1.78 bits per heavy atom. The van der Waals surface area contributed by atoms with Crippen molar-refractivity contribution in [1.82, 2.24) is 25.1 Å². The predicted octanol–water partition coefficient (Wildman–Crippen LogP) is 3.55. The second-order valence-electron chi connectivity index (χ2n) is 11.1. The number of Topliss-reactive ketones (excluding diaryl/α,β-unsaturated/α-hetero) is 1. The number of amides is 2. The number of carbonyl (C=O) groups is 3. The third-order valence-corrected chi connectivity index (χ3v) is 7.33. The number of ether oxygens (including phenoxy) is 3. The highest BCUT2D eigenvalue weighted by Gasteiger charge is 2.35. The van der Waals surface area contributed by atoms with Crippen LogP contribution in [0.5, 0.6) is 11.5 Å². The molecule has 4 aromatic rings. The average molecular weight is 617 g/mol. The van der Waals surface area contributed by atoms with Crippen LogP contribution in [0.2, 0.25) is 0 Å². The van der Waals surface area contributed by atoms with E-state index in [0.717, 1.165) is 17.2 Å². The van der Waals surface area contributed by atoms with Crippen molar-refractivity contribution in [2.75, 3.05) is 19.2 Å². The van der Waals surface area contributed by atoms with Crippen molar-refractivity contribution < 1.29 is 33.0 Å². The van der Waals surface area contributed by atoms with E-state index >= 15 is 0 Å². The Kier molecular flexibility index (Phi) is 8.66. The van der Waals surface area contributed by atoms with E-state index < -0.39 is 41.3 Å². The minimum absolute atomic E-state index is 0.134. The maximum atomic E-state index is 13.6. The molecule has 2 aromatic heterocycles. The zero-order valence-corrected chi connectivity index (χ0v) is 25.3. The van der Waals surface area contributed by atoms with Gasteiger partial charge < -0.3 is 23.9 Å². The van der Waals surface area contributed by atoms with Crippen molar-refractivity contribution in [3.8, 4) is 22.9 Å². The Labute approximate surface area is 257 Å². The maximum Gasteiger partial charge on any atom is 0.411 e. The summed E-state index contributed by atoms with van der Waals surface area (Å²) < 4.78 is 22.4. The highest BCUT2D eigenvalue weighted by Crippen LogP contribution is 2.38. The quantitative estimate of drug-likeness (QED) is 0.249. The van der Waals surface area contributed by atoms with E-state index in [1.807, 2.05) is 26.0 Å². The number of hydrogen-bond acceptors (Lipinski definition) is 11. The van der Waals surface area contributed by atoms with Crippen LogP contribution in [0.25, 0.3) is 11.4 Å². The summed E-state index contributed by atoms with van der Waals surface area (Å²) >= 11 is 0. The van der Waals surface area contributed by atoms with Crippen LogP contribution in [0.4, 0.5) is 10.5 Å². The van der Waals surface area contributed by atoms with Crippen LogP contribution in [-0.2, 0) is 21.5 Å². The molecule has 234 valence electrons. The molecule has 0 aliphatic carbocycles. The second kappa shape index (κ2) is 12.6. The molecule has 0 radical (unpaired) electrons. The molecule has 0 saturated carbocycles. The van der Waals surface area contributed by atoms with E-state index in [2.05, 4.69) is 30.6 Å². The van der Waals surface area contributed by atoms with Gasteiger partial charge in [-0.2, -0.15) is 0 Å². The highest BCUT2D eigenvalue weighted by atomic mass is 16.7. The molecule has 0 fully saturated rings. The van der Waals surface area contributed by atoms with Crippen molar-refractivity contribution in [2.24, 2.45) is 5.92 Å². The summed E-state index contributed by atoms with van der Waals surface area (Å²) in [5.74, 6) is -0.292. The topological polar surface area (TPSA) is 177 Å². The lowest BCUT2D eigenvalue weighted by Gasteiger charge is -2.22. The summed E-state index contributed by atoms with van der Waals surface area (Å²) in [7, 11) is 1.15. The molecule has 14 heteroatoms. The first-order chi connectivity index (χ1) is 21.5. The number of anilines is 1. The monoisotopic (exact) mass is 616 g/mol. The number of fused-ring (bicyclic) bond motifs is 1. The van der Waals surface area contributed by atoms with Crippen LogP contribution in [0, 0.1) is 5.92 Å². The Morgan fingerprint density at radius 3 is 2.49 bits per heavy atom. The number of benzene rings is 2. The van der Waals surface area contributed by atoms with Crippen LogP contribution in [0.1, 0.15) is 49.8 Å². The van der Waals surface area contributed by atoms with Crippen molar-refractivity contribution in [1.29, 1.82) is 0 Å². The first-order valence-electron chi connectivity index (χ1n) is 14.1. The third-order valence-electron chi connectivity index (χ3n) is 7.33. The molecule has 2 amide bonds. The predicted molar refractivity (Wildman–Crippen MR) is 160 cm³/mol. The van der Waals surface area contributed by atoms with E-state index in [1.54, 1.807) is 50.2 Å². The van der Waals surface area contributed by atoms with E-state index in [4.69, 9.17) is 13.9 Å². The molecule has 3 heterocycles. The fourth-order valence-electron chi connectivity index (χ4n) is 4.72. The van der Waals surface area contributed by atoms with Crippen LogP contribution in [-0.4, -0.2) is 57.5 Å². The lowest BCUT2D eigenvalue weighted by molar-refractivity contribution is -0.122. The molecule has 45 heavy (non-hydrogen) atoms. The summed E-state index contributed by atoms with van der Waals surface area (Å²) in [5, 5.41) is 13.2. The molecule has 5 rings (SSSR count). The molecule has 1 aliphatic rings. The summed E-state index contributed by atoms with van der Waals surface area (Å²) in [5.41, 5.74) is -0.292. The normalized spacial score (nSPS) is 12.9. The fourth-order valence-corrected chi connectivity index (χ4v) is 4.72. The minimum Gasteiger partial charge on any atom is -0.454 e. The second-order valence-corrected chi connectivity index (χ2v) is 11.1. The van der Waals surface area contributed by atoms with Crippen LogP contribution >= 0.6 is 0 Å². The van der Waals surface area contributed by atoms with Gasteiger partial charge in [0.2, 0.25) is 24.4 Å². The van der Waals surface area contributed by atoms with Gasteiger partial charge in [-0.05, 0) is 37.5 Å². The Bertz CT molecular complexity index is 1800.